The molecule has 0 bridgehead atoms. The molecule has 0 amide bonds. The normalized spacial score (nSPS) is 11.8. The fourth-order valence-electron chi connectivity index (χ4n) is 7.25. The Morgan fingerprint density at radius 1 is 0.426 bits per heavy atom. The fourth-order valence-corrected chi connectivity index (χ4v) is 8.61. The van der Waals surface area contributed by atoms with E-state index in [0.717, 1.165) is 39.0 Å². The lowest BCUT2D eigenvalue weighted by atomic mass is 9.99. The lowest BCUT2D eigenvalue weighted by Gasteiger charge is -2.27. The van der Waals surface area contributed by atoms with Gasteiger partial charge in [0.2, 0.25) is 0 Å². The van der Waals surface area contributed by atoms with Crippen LogP contribution in [0.2, 0.25) is 0 Å². The van der Waals surface area contributed by atoms with Gasteiger partial charge >= 0.3 is 0 Å². The van der Waals surface area contributed by atoms with Gasteiger partial charge in [-0.1, -0.05) is 133 Å². The molecule has 10 aromatic rings. The third kappa shape index (κ3) is 4.04. The predicted octanol–water partition coefficient (Wildman–Crippen LogP) is 13.4. The van der Waals surface area contributed by atoms with Crippen molar-refractivity contribution >= 4 is 92.1 Å². The van der Waals surface area contributed by atoms with Gasteiger partial charge in [-0.25, -0.2) is 0 Å². The highest BCUT2D eigenvalue weighted by Crippen LogP contribution is 2.51. The number of para-hydroxylation sites is 2. The van der Waals surface area contributed by atoms with Crippen molar-refractivity contribution < 1.29 is 4.42 Å². The van der Waals surface area contributed by atoms with Crippen LogP contribution >= 0.6 is 11.3 Å². The average Bonchev–Trinajstić information content (AvgIpc) is 3.73. The lowest BCUT2D eigenvalue weighted by molar-refractivity contribution is 0.669. The van der Waals surface area contributed by atoms with Gasteiger partial charge < -0.3 is 9.32 Å². The molecule has 0 unspecified atom stereocenters. The molecule has 0 fully saturated rings. The summed E-state index contributed by atoms with van der Waals surface area (Å²) in [6.45, 7) is 0. The first-order valence-electron chi connectivity index (χ1n) is 15.9. The molecular weight excluding hydrogens is 591 g/mol. The molecule has 8 aromatic carbocycles. The third-order valence-corrected chi connectivity index (χ3v) is 10.7. The number of thiophene rings is 1. The van der Waals surface area contributed by atoms with E-state index in [1.807, 2.05) is 17.4 Å². The molecule has 0 atom stereocenters. The molecule has 3 heteroatoms. The molecule has 2 heterocycles. The second kappa shape index (κ2) is 10.3. The lowest BCUT2D eigenvalue weighted by Crippen LogP contribution is -2.10. The summed E-state index contributed by atoms with van der Waals surface area (Å²) >= 11 is 1.89. The minimum atomic E-state index is 0.883. The van der Waals surface area contributed by atoms with Gasteiger partial charge in [0.05, 0.1) is 16.1 Å². The maximum absolute atomic E-state index is 6.68. The Morgan fingerprint density at radius 2 is 1.11 bits per heavy atom. The van der Waals surface area contributed by atoms with Crippen LogP contribution in [-0.2, 0) is 0 Å². The van der Waals surface area contributed by atoms with Crippen LogP contribution < -0.4 is 4.90 Å². The maximum atomic E-state index is 6.68. The Hall–Kier alpha value is -5.90. The molecule has 47 heavy (non-hydrogen) atoms. The van der Waals surface area contributed by atoms with Crippen molar-refractivity contribution in [3.05, 3.63) is 164 Å². The molecule has 0 aliphatic carbocycles. The number of hydrogen-bond donors (Lipinski definition) is 0. The Bertz CT molecular complexity index is 2790. The summed E-state index contributed by atoms with van der Waals surface area (Å²) < 4.78 is 9.25. The quantitative estimate of drug-likeness (QED) is 0.195. The zero-order chi connectivity index (χ0) is 30.9. The first-order chi connectivity index (χ1) is 23.3. The molecular formula is C44H27NOS. The molecule has 2 nitrogen and oxygen atoms in total. The highest BCUT2D eigenvalue weighted by molar-refractivity contribution is 7.27. The topological polar surface area (TPSA) is 16.4 Å². The standard InChI is InChI=1S/C44H27NOS/c1-2-11-28(12-3-1)29-21-24-32(25-22-29)45(38-19-10-18-36-35-17-8-9-20-40(35)46-42(36)38)39-27-31-14-5-6-15-33(31)41-37-26-23-30-13-4-7-16-34(30)43(37)47-44(39)41/h1-27H. The summed E-state index contributed by atoms with van der Waals surface area (Å²) in [6, 6.07) is 58.8. The Labute approximate surface area is 275 Å². The van der Waals surface area contributed by atoms with E-state index in [9.17, 15) is 0 Å². The Morgan fingerprint density at radius 3 is 1.96 bits per heavy atom. The van der Waals surface area contributed by atoms with Gasteiger partial charge in [-0.3, -0.25) is 0 Å². The van der Waals surface area contributed by atoms with Crippen molar-refractivity contribution in [2.75, 3.05) is 4.90 Å². The van der Waals surface area contributed by atoms with Gasteiger partial charge in [0, 0.05) is 31.9 Å². The monoisotopic (exact) mass is 617 g/mol. The van der Waals surface area contributed by atoms with Gasteiger partial charge in [0.15, 0.2) is 5.58 Å². The maximum Gasteiger partial charge on any atom is 0.159 e. The fraction of sp³-hybridized carbons (Fsp3) is 0. The number of anilines is 3. The van der Waals surface area contributed by atoms with Crippen LogP contribution in [0.15, 0.2) is 168 Å². The molecule has 0 saturated heterocycles. The van der Waals surface area contributed by atoms with E-state index in [4.69, 9.17) is 4.42 Å². The molecule has 220 valence electrons. The van der Waals surface area contributed by atoms with Crippen LogP contribution in [0.25, 0.3) is 74.8 Å². The third-order valence-electron chi connectivity index (χ3n) is 9.43. The van der Waals surface area contributed by atoms with Crippen molar-refractivity contribution in [3.63, 3.8) is 0 Å². The van der Waals surface area contributed by atoms with Crippen molar-refractivity contribution in [1.82, 2.24) is 0 Å². The van der Waals surface area contributed by atoms with Crippen molar-refractivity contribution in [2.24, 2.45) is 0 Å². The summed E-state index contributed by atoms with van der Waals surface area (Å²) in [7, 11) is 0. The smallest absolute Gasteiger partial charge is 0.159 e. The molecule has 0 spiro atoms. The van der Waals surface area contributed by atoms with Crippen LogP contribution in [0.1, 0.15) is 0 Å². The van der Waals surface area contributed by atoms with Gasteiger partial charge in [0.25, 0.3) is 0 Å². The summed E-state index contributed by atoms with van der Waals surface area (Å²) in [6.07, 6.45) is 0. The number of furan rings is 1. The predicted molar refractivity (Wildman–Crippen MR) is 202 cm³/mol. The van der Waals surface area contributed by atoms with E-state index < -0.39 is 0 Å². The number of hydrogen-bond acceptors (Lipinski definition) is 3. The summed E-state index contributed by atoms with van der Waals surface area (Å²) in [5, 5.41) is 9.87. The first-order valence-corrected chi connectivity index (χ1v) is 16.7. The Kier molecular flexibility index (Phi) is 5.78. The average molecular weight is 618 g/mol. The summed E-state index contributed by atoms with van der Waals surface area (Å²) in [5.74, 6) is 0. The summed E-state index contributed by atoms with van der Waals surface area (Å²) in [5.41, 5.74) is 7.41. The molecule has 10 rings (SSSR count). The zero-order valence-electron chi connectivity index (χ0n) is 25.4. The van der Waals surface area contributed by atoms with Crippen LogP contribution in [0.4, 0.5) is 17.1 Å². The van der Waals surface area contributed by atoms with Gasteiger partial charge in [-0.15, -0.1) is 11.3 Å². The highest BCUT2D eigenvalue weighted by Gasteiger charge is 2.24. The minimum absolute atomic E-state index is 0.883. The molecule has 0 saturated carbocycles. The van der Waals surface area contributed by atoms with E-state index in [1.165, 1.54) is 52.8 Å². The van der Waals surface area contributed by atoms with Gasteiger partial charge in [-0.2, -0.15) is 0 Å². The van der Waals surface area contributed by atoms with Crippen molar-refractivity contribution in [1.29, 1.82) is 0 Å². The second-order valence-electron chi connectivity index (χ2n) is 12.1. The first kappa shape index (κ1) is 26.3. The van der Waals surface area contributed by atoms with Crippen molar-refractivity contribution in [2.45, 2.75) is 0 Å². The number of benzene rings is 8. The van der Waals surface area contributed by atoms with Crippen LogP contribution in [0, 0.1) is 0 Å². The number of nitrogens with zero attached hydrogens (tertiary/aromatic N) is 1. The largest absolute Gasteiger partial charge is 0.454 e. The molecule has 0 radical (unpaired) electrons. The van der Waals surface area contributed by atoms with E-state index >= 15 is 0 Å². The Balaban J connectivity index is 1.32. The van der Waals surface area contributed by atoms with E-state index in [2.05, 4.69) is 163 Å². The van der Waals surface area contributed by atoms with Crippen LogP contribution in [0.3, 0.4) is 0 Å². The number of fused-ring (bicyclic) bond motifs is 10. The van der Waals surface area contributed by atoms with E-state index in [-0.39, 0.29) is 0 Å². The van der Waals surface area contributed by atoms with Crippen molar-refractivity contribution in [3.8, 4) is 11.1 Å². The molecule has 2 aromatic heterocycles. The molecule has 0 aliphatic heterocycles. The van der Waals surface area contributed by atoms with E-state index in [1.54, 1.807) is 0 Å². The van der Waals surface area contributed by atoms with Gasteiger partial charge in [-0.05, 0) is 63.0 Å². The van der Waals surface area contributed by atoms with Crippen LogP contribution in [0.5, 0.6) is 0 Å². The molecule has 0 aliphatic rings. The van der Waals surface area contributed by atoms with Gasteiger partial charge in [0.1, 0.15) is 5.58 Å². The minimum Gasteiger partial charge on any atom is -0.454 e. The highest BCUT2D eigenvalue weighted by atomic mass is 32.1. The van der Waals surface area contributed by atoms with Crippen LogP contribution in [-0.4, -0.2) is 0 Å². The van der Waals surface area contributed by atoms with E-state index in [0.29, 0.717) is 0 Å². The zero-order valence-corrected chi connectivity index (χ0v) is 26.2. The second-order valence-corrected chi connectivity index (χ2v) is 13.1. The summed E-state index contributed by atoms with van der Waals surface area (Å²) in [4.78, 5) is 2.41. The molecule has 0 N–H and O–H groups in total. The number of rotatable bonds is 4. The SMILES string of the molecule is c1ccc(-c2ccc(N(c3cccc4c3oc3ccccc34)c3cc4ccccc4c4c3sc3c5ccccc5ccc34)cc2)cc1.